The van der Waals surface area contributed by atoms with Gasteiger partial charge >= 0.3 is 5.97 Å². The third-order valence-corrected chi connectivity index (χ3v) is 2.24. The van der Waals surface area contributed by atoms with E-state index in [2.05, 4.69) is 10.1 Å². The summed E-state index contributed by atoms with van der Waals surface area (Å²) in [4.78, 5) is 15.6. The van der Waals surface area contributed by atoms with Crippen molar-refractivity contribution in [2.75, 3.05) is 6.61 Å². The SMILES string of the molecule is CCOC(=O)c1cc(-c2ncccc2C)no1. The third kappa shape index (κ3) is 2.33. The number of nitrogens with zero attached hydrogens (tertiary/aromatic N) is 2. The molecule has 2 aromatic rings. The van der Waals surface area contributed by atoms with Crippen molar-refractivity contribution in [3.05, 3.63) is 35.7 Å². The fourth-order valence-electron chi connectivity index (χ4n) is 1.44. The Morgan fingerprint density at radius 3 is 3.06 bits per heavy atom. The molecule has 0 saturated heterocycles. The molecule has 0 aliphatic heterocycles. The van der Waals surface area contributed by atoms with Crippen LogP contribution in [-0.4, -0.2) is 22.7 Å². The Labute approximate surface area is 98.4 Å². The highest BCUT2D eigenvalue weighted by Gasteiger charge is 2.16. The summed E-state index contributed by atoms with van der Waals surface area (Å²) in [6.45, 7) is 3.95. The van der Waals surface area contributed by atoms with Crippen LogP contribution in [0.1, 0.15) is 23.0 Å². The molecule has 0 amide bonds. The molecule has 0 spiro atoms. The fraction of sp³-hybridized carbons (Fsp3) is 0.250. The zero-order valence-electron chi connectivity index (χ0n) is 9.64. The van der Waals surface area contributed by atoms with Crippen LogP contribution in [-0.2, 0) is 4.74 Å². The number of aromatic nitrogens is 2. The van der Waals surface area contributed by atoms with Gasteiger partial charge in [0.25, 0.3) is 0 Å². The van der Waals surface area contributed by atoms with E-state index in [0.29, 0.717) is 18.0 Å². The second kappa shape index (κ2) is 4.78. The van der Waals surface area contributed by atoms with Gasteiger partial charge in [-0.2, -0.15) is 0 Å². The normalized spacial score (nSPS) is 10.2. The molecule has 0 aromatic carbocycles. The second-order valence-electron chi connectivity index (χ2n) is 3.47. The van der Waals surface area contributed by atoms with Gasteiger partial charge in [0.15, 0.2) is 0 Å². The molecule has 5 nitrogen and oxygen atoms in total. The van der Waals surface area contributed by atoms with Crippen LogP contribution < -0.4 is 0 Å². The highest BCUT2D eigenvalue weighted by atomic mass is 16.6. The Kier molecular flexibility index (Phi) is 3.18. The van der Waals surface area contributed by atoms with Crippen LogP contribution in [0.5, 0.6) is 0 Å². The van der Waals surface area contributed by atoms with E-state index >= 15 is 0 Å². The molecule has 2 heterocycles. The maximum Gasteiger partial charge on any atom is 0.377 e. The largest absolute Gasteiger partial charge is 0.460 e. The predicted octanol–water partition coefficient (Wildman–Crippen LogP) is 2.22. The zero-order valence-corrected chi connectivity index (χ0v) is 9.64. The summed E-state index contributed by atoms with van der Waals surface area (Å²) in [7, 11) is 0. The molecular formula is C12H12N2O3. The lowest BCUT2D eigenvalue weighted by molar-refractivity contribution is 0.0480. The van der Waals surface area contributed by atoms with Crippen LogP contribution in [0.25, 0.3) is 11.4 Å². The van der Waals surface area contributed by atoms with Crippen molar-refractivity contribution in [2.24, 2.45) is 0 Å². The molecule has 0 N–H and O–H groups in total. The average molecular weight is 232 g/mol. The molecule has 0 aliphatic rings. The molecule has 17 heavy (non-hydrogen) atoms. The van der Waals surface area contributed by atoms with Crippen LogP contribution >= 0.6 is 0 Å². The molecule has 0 saturated carbocycles. The first-order valence-electron chi connectivity index (χ1n) is 5.28. The van der Waals surface area contributed by atoms with E-state index in [-0.39, 0.29) is 5.76 Å². The fourth-order valence-corrected chi connectivity index (χ4v) is 1.44. The van der Waals surface area contributed by atoms with Gasteiger partial charge in [-0.1, -0.05) is 11.2 Å². The van der Waals surface area contributed by atoms with E-state index in [0.717, 1.165) is 5.56 Å². The Balaban J connectivity index is 2.30. The van der Waals surface area contributed by atoms with Crippen molar-refractivity contribution in [1.82, 2.24) is 10.1 Å². The summed E-state index contributed by atoms with van der Waals surface area (Å²) in [5, 5.41) is 3.81. The minimum Gasteiger partial charge on any atom is -0.460 e. The number of aryl methyl sites for hydroxylation is 1. The molecule has 88 valence electrons. The van der Waals surface area contributed by atoms with E-state index in [1.165, 1.54) is 6.07 Å². The highest BCUT2D eigenvalue weighted by molar-refractivity contribution is 5.87. The number of hydrogen-bond acceptors (Lipinski definition) is 5. The molecule has 0 radical (unpaired) electrons. The maximum absolute atomic E-state index is 11.4. The van der Waals surface area contributed by atoms with Crippen molar-refractivity contribution in [3.63, 3.8) is 0 Å². The smallest absolute Gasteiger partial charge is 0.377 e. The maximum atomic E-state index is 11.4. The molecule has 0 bridgehead atoms. The standard InChI is InChI=1S/C12H12N2O3/c1-3-16-12(15)10-7-9(14-17-10)11-8(2)5-4-6-13-11/h4-7H,3H2,1-2H3. The predicted molar refractivity (Wildman–Crippen MR) is 60.4 cm³/mol. The van der Waals surface area contributed by atoms with Gasteiger partial charge in [0.2, 0.25) is 5.76 Å². The lowest BCUT2D eigenvalue weighted by Gasteiger charge is -1.97. The summed E-state index contributed by atoms with van der Waals surface area (Å²) in [6, 6.07) is 5.29. The van der Waals surface area contributed by atoms with E-state index in [4.69, 9.17) is 9.26 Å². The topological polar surface area (TPSA) is 65.2 Å². The van der Waals surface area contributed by atoms with Crippen molar-refractivity contribution in [1.29, 1.82) is 0 Å². The van der Waals surface area contributed by atoms with Crippen LogP contribution in [0.3, 0.4) is 0 Å². The van der Waals surface area contributed by atoms with Crippen molar-refractivity contribution < 1.29 is 14.1 Å². The number of carbonyl (C=O) groups is 1. The van der Waals surface area contributed by atoms with Crippen molar-refractivity contribution >= 4 is 5.97 Å². The third-order valence-electron chi connectivity index (χ3n) is 2.24. The minimum atomic E-state index is -0.514. The minimum absolute atomic E-state index is 0.0897. The molecule has 2 aromatic heterocycles. The molecular weight excluding hydrogens is 220 g/mol. The number of rotatable bonds is 3. The summed E-state index contributed by atoms with van der Waals surface area (Å²) in [6.07, 6.45) is 1.67. The first-order valence-corrected chi connectivity index (χ1v) is 5.28. The Morgan fingerprint density at radius 1 is 1.53 bits per heavy atom. The monoisotopic (exact) mass is 232 g/mol. The summed E-state index contributed by atoms with van der Waals surface area (Å²) in [5.41, 5.74) is 2.20. The number of ether oxygens (including phenoxy) is 1. The van der Waals surface area contributed by atoms with E-state index in [9.17, 15) is 4.79 Å². The Hall–Kier alpha value is -2.17. The number of pyridine rings is 1. The van der Waals surface area contributed by atoms with Gasteiger partial charge in [-0.15, -0.1) is 0 Å². The van der Waals surface area contributed by atoms with E-state index in [1.54, 1.807) is 13.1 Å². The van der Waals surface area contributed by atoms with Gasteiger partial charge in [0, 0.05) is 12.3 Å². The molecule has 0 fully saturated rings. The first kappa shape index (κ1) is 11.3. The lowest BCUT2D eigenvalue weighted by atomic mass is 10.1. The lowest BCUT2D eigenvalue weighted by Crippen LogP contribution is -2.02. The van der Waals surface area contributed by atoms with Crippen LogP contribution in [0.4, 0.5) is 0 Å². The van der Waals surface area contributed by atoms with Gasteiger partial charge in [-0.3, -0.25) is 4.98 Å². The van der Waals surface area contributed by atoms with E-state index < -0.39 is 5.97 Å². The Morgan fingerprint density at radius 2 is 2.35 bits per heavy atom. The van der Waals surface area contributed by atoms with Gasteiger partial charge in [0.05, 0.1) is 12.3 Å². The van der Waals surface area contributed by atoms with Gasteiger partial charge in [-0.05, 0) is 25.5 Å². The quantitative estimate of drug-likeness (QED) is 0.759. The van der Waals surface area contributed by atoms with Gasteiger partial charge in [0.1, 0.15) is 5.69 Å². The van der Waals surface area contributed by atoms with Crippen LogP contribution in [0.2, 0.25) is 0 Å². The van der Waals surface area contributed by atoms with Crippen molar-refractivity contribution in [2.45, 2.75) is 13.8 Å². The van der Waals surface area contributed by atoms with Gasteiger partial charge < -0.3 is 9.26 Å². The number of hydrogen-bond donors (Lipinski definition) is 0. The molecule has 0 atom stereocenters. The molecule has 5 heteroatoms. The first-order chi connectivity index (χ1) is 8.22. The summed E-state index contributed by atoms with van der Waals surface area (Å²) < 4.78 is 9.74. The number of carbonyl (C=O) groups excluding carboxylic acids is 1. The summed E-state index contributed by atoms with van der Waals surface area (Å²) in [5.74, 6) is -0.424. The van der Waals surface area contributed by atoms with Gasteiger partial charge in [-0.25, -0.2) is 4.79 Å². The summed E-state index contributed by atoms with van der Waals surface area (Å²) >= 11 is 0. The Bertz CT molecular complexity index is 534. The zero-order chi connectivity index (χ0) is 12.3. The second-order valence-corrected chi connectivity index (χ2v) is 3.47. The molecule has 0 aliphatic carbocycles. The van der Waals surface area contributed by atoms with Crippen LogP contribution in [0, 0.1) is 6.92 Å². The highest BCUT2D eigenvalue weighted by Crippen LogP contribution is 2.20. The average Bonchev–Trinajstić information content (AvgIpc) is 2.79. The molecule has 2 rings (SSSR count). The van der Waals surface area contributed by atoms with Crippen LogP contribution in [0.15, 0.2) is 28.9 Å². The number of esters is 1. The van der Waals surface area contributed by atoms with E-state index in [1.807, 2.05) is 19.1 Å². The molecule has 0 unspecified atom stereocenters. The van der Waals surface area contributed by atoms with Crippen molar-refractivity contribution in [3.8, 4) is 11.4 Å².